The van der Waals surface area contributed by atoms with E-state index < -0.39 is 23.5 Å². The minimum atomic E-state index is -0.815. The van der Waals surface area contributed by atoms with Crippen LogP contribution in [0.5, 0.6) is 5.75 Å². The fraction of sp³-hybridized carbons (Fsp3) is 0.500. The largest absolute Gasteiger partial charge is 0.427 e. The van der Waals surface area contributed by atoms with Crippen molar-refractivity contribution in [1.29, 1.82) is 0 Å². The Balaban J connectivity index is 2.29. The molecule has 3 amide bonds. The van der Waals surface area contributed by atoms with Crippen molar-refractivity contribution in [2.24, 2.45) is 0 Å². The molecule has 7 heteroatoms. The summed E-state index contributed by atoms with van der Waals surface area (Å²) < 4.78 is 4.97. The number of carbonyl (C=O) groups excluding carboxylic acids is 4. The lowest BCUT2D eigenvalue weighted by Gasteiger charge is -2.39. The molecule has 0 radical (unpaired) electrons. The Labute approximate surface area is 159 Å². The lowest BCUT2D eigenvalue weighted by molar-refractivity contribution is -0.144. The molecule has 0 saturated carbocycles. The molecular formula is C20H26N2O5. The number of imide groups is 1. The van der Waals surface area contributed by atoms with Crippen LogP contribution in [0, 0.1) is 0 Å². The number of amides is 3. The molecule has 1 atom stereocenters. The topological polar surface area (TPSA) is 84.0 Å². The average molecular weight is 374 g/mol. The SMILES string of the molecule is CCCC(=O)N(C1CC(=O)N(c2ccc(OC(C)=O)cc2)C1=O)C(C)(C)C. The number of hydrogen-bond acceptors (Lipinski definition) is 5. The summed E-state index contributed by atoms with van der Waals surface area (Å²) in [5, 5.41) is 0. The van der Waals surface area contributed by atoms with E-state index in [0.29, 0.717) is 24.3 Å². The van der Waals surface area contributed by atoms with Crippen LogP contribution in [0.15, 0.2) is 24.3 Å². The first-order valence-electron chi connectivity index (χ1n) is 9.03. The highest BCUT2D eigenvalue weighted by atomic mass is 16.5. The number of carbonyl (C=O) groups is 4. The normalized spacial score (nSPS) is 17.2. The third-order valence-electron chi connectivity index (χ3n) is 4.25. The quantitative estimate of drug-likeness (QED) is 0.449. The summed E-state index contributed by atoms with van der Waals surface area (Å²) in [4.78, 5) is 51.8. The first kappa shape index (κ1) is 20.6. The highest BCUT2D eigenvalue weighted by Crippen LogP contribution is 2.31. The van der Waals surface area contributed by atoms with Crippen molar-refractivity contribution < 1.29 is 23.9 Å². The monoisotopic (exact) mass is 374 g/mol. The zero-order valence-corrected chi connectivity index (χ0v) is 16.4. The summed E-state index contributed by atoms with van der Waals surface area (Å²) in [6.07, 6.45) is 0.950. The molecule has 1 aliphatic heterocycles. The molecule has 7 nitrogen and oxygen atoms in total. The van der Waals surface area contributed by atoms with E-state index in [4.69, 9.17) is 4.74 Å². The van der Waals surface area contributed by atoms with Gasteiger partial charge in [0.2, 0.25) is 11.8 Å². The van der Waals surface area contributed by atoms with Crippen LogP contribution in [-0.4, -0.2) is 40.2 Å². The fourth-order valence-corrected chi connectivity index (χ4v) is 3.27. The predicted octanol–water partition coefficient (Wildman–Crippen LogP) is 2.67. The van der Waals surface area contributed by atoms with Crippen LogP contribution < -0.4 is 9.64 Å². The van der Waals surface area contributed by atoms with Gasteiger partial charge in [-0.05, 0) is 51.5 Å². The van der Waals surface area contributed by atoms with Gasteiger partial charge in [0, 0.05) is 18.9 Å². The van der Waals surface area contributed by atoms with Gasteiger partial charge in [-0.25, -0.2) is 4.90 Å². The predicted molar refractivity (Wildman–Crippen MR) is 100 cm³/mol. The van der Waals surface area contributed by atoms with Gasteiger partial charge in [0.25, 0.3) is 5.91 Å². The maximum absolute atomic E-state index is 13.0. The third kappa shape index (κ3) is 4.53. The molecule has 0 aliphatic carbocycles. The summed E-state index contributed by atoms with van der Waals surface area (Å²) in [6, 6.07) is 5.32. The third-order valence-corrected chi connectivity index (χ3v) is 4.25. The van der Waals surface area contributed by atoms with E-state index in [9.17, 15) is 19.2 Å². The number of esters is 1. The Morgan fingerprint density at radius 2 is 1.78 bits per heavy atom. The minimum absolute atomic E-state index is 0.0444. The average Bonchev–Trinajstić information content (AvgIpc) is 2.81. The van der Waals surface area contributed by atoms with E-state index in [2.05, 4.69) is 0 Å². The van der Waals surface area contributed by atoms with Crippen LogP contribution in [0.2, 0.25) is 0 Å². The molecular weight excluding hydrogens is 348 g/mol. The second kappa shape index (κ2) is 7.90. The van der Waals surface area contributed by atoms with Crippen LogP contribution in [0.4, 0.5) is 5.69 Å². The summed E-state index contributed by atoms with van der Waals surface area (Å²) in [5.74, 6) is -1.03. The Kier molecular flexibility index (Phi) is 6.03. The van der Waals surface area contributed by atoms with Crippen molar-refractivity contribution in [2.75, 3.05) is 4.90 Å². The molecule has 1 saturated heterocycles. The maximum Gasteiger partial charge on any atom is 0.308 e. The van der Waals surface area contributed by atoms with E-state index >= 15 is 0 Å². The van der Waals surface area contributed by atoms with E-state index in [1.54, 1.807) is 12.1 Å². The molecule has 1 aliphatic rings. The first-order valence-corrected chi connectivity index (χ1v) is 9.03. The number of ether oxygens (including phenoxy) is 1. The molecule has 0 N–H and O–H groups in total. The van der Waals surface area contributed by atoms with Crippen LogP contribution in [0.25, 0.3) is 0 Å². The molecule has 1 unspecified atom stereocenters. The van der Waals surface area contributed by atoms with Crippen LogP contribution in [0.3, 0.4) is 0 Å². The Morgan fingerprint density at radius 3 is 2.26 bits per heavy atom. The van der Waals surface area contributed by atoms with Crippen LogP contribution in [-0.2, 0) is 19.2 Å². The molecule has 1 fully saturated rings. The van der Waals surface area contributed by atoms with E-state index in [0.717, 1.165) is 4.90 Å². The van der Waals surface area contributed by atoms with Gasteiger partial charge >= 0.3 is 5.97 Å². The van der Waals surface area contributed by atoms with Gasteiger partial charge in [0.1, 0.15) is 11.8 Å². The van der Waals surface area contributed by atoms with E-state index in [1.165, 1.54) is 24.0 Å². The zero-order chi connectivity index (χ0) is 20.4. The molecule has 0 spiro atoms. The maximum atomic E-state index is 13.0. The molecule has 27 heavy (non-hydrogen) atoms. The van der Waals surface area contributed by atoms with Crippen molar-refractivity contribution >= 4 is 29.4 Å². The second-order valence-corrected chi connectivity index (χ2v) is 7.56. The summed E-state index contributed by atoms with van der Waals surface area (Å²) >= 11 is 0. The van der Waals surface area contributed by atoms with Crippen molar-refractivity contribution in [3.8, 4) is 5.75 Å². The minimum Gasteiger partial charge on any atom is -0.427 e. The van der Waals surface area contributed by atoms with Gasteiger partial charge in [-0.2, -0.15) is 0 Å². The van der Waals surface area contributed by atoms with E-state index in [1.807, 2.05) is 27.7 Å². The van der Waals surface area contributed by atoms with Crippen molar-refractivity contribution in [3.05, 3.63) is 24.3 Å². The highest BCUT2D eigenvalue weighted by Gasteiger charge is 2.47. The van der Waals surface area contributed by atoms with Gasteiger partial charge in [-0.15, -0.1) is 0 Å². The van der Waals surface area contributed by atoms with Gasteiger partial charge in [0.15, 0.2) is 0 Å². The molecule has 0 bridgehead atoms. The number of benzene rings is 1. The fourth-order valence-electron chi connectivity index (χ4n) is 3.27. The summed E-state index contributed by atoms with van der Waals surface area (Å²) in [6.45, 7) is 8.76. The van der Waals surface area contributed by atoms with Gasteiger partial charge in [-0.1, -0.05) is 6.92 Å². The Morgan fingerprint density at radius 1 is 1.19 bits per heavy atom. The molecule has 1 heterocycles. The smallest absolute Gasteiger partial charge is 0.308 e. The van der Waals surface area contributed by atoms with Gasteiger partial charge < -0.3 is 9.64 Å². The van der Waals surface area contributed by atoms with Crippen LogP contribution >= 0.6 is 0 Å². The Bertz CT molecular complexity index is 749. The molecule has 1 aromatic carbocycles. The number of nitrogens with zero attached hydrogens (tertiary/aromatic N) is 2. The highest BCUT2D eigenvalue weighted by molar-refractivity contribution is 6.23. The van der Waals surface area contributed by atoms with E-state index in [-0.39, 0.29) is 18.2 Å². The van der Waals surface area contributed by atoms with Gasteiger partial charge in [0.05, 0.1) is 12.1 Å². The second-order valence-electron chi connectivity index (χ2n) is 7.56. The molecule has 146 valence electrons. The summed E-state index contributed by atoms with van der Waals surface area (Å²) in [7, 11) is 0. The number of anilines is 1. The standard InChI is InChI=1S/C20H26N2O5/c1-6-7-17(24)22(20(3,4)5)16-12-18(25)21(19(16)26)14-8-10-15(11-9-14)27-13(2)23/h8-11,16H,6-7,12H2,1-5H3. The van der Waals surface area contributed by atoms with Gasteiger partial charge in [-0.3, -0.25) is 19.2 Å². The lowest BCUT2D eigenvalue weighted by atomic mass is 10.0. The number of rotatable bonds is 5. The lowest BCUT2D eigenvalue weighted by Crippen LogP contribution is -2.54. The molecule has 0 aromatic heterocycles. The van der Waals surface area contributed by atoms with Crippen molar-refractivity contribution in [2.45, 2.75) is 65.5 Å². The summed E-state index contributed by atoms with van der Waals surface area (Å²) in [5.41, 5.74) is -0.192. The van der Waals surface area contributed by atoms with Crippen LogP contribution in [0.1, 0.15) is 53.9 Å². The molecule has 2 rings (SSSR count). The molecule has 1 aromatic rings. The van der Waals surface area contributed by atoms with Crippen molar-refractivity contribution in [1.82, 2.24) is 4.90 Å². The number of hydrogen-bond donors (Lipinski definition) is 0. The zero-order valence-electron chi connectivity index (χ0n) is 16.4. The first-order chi connectivity index (χ1) is 12.6. The van der Waals surface area contributed by atoms with Crippen molar-refractivity contribution in [3.63, 3.8) is 0 Å². The Hall–Kier alpha value is -2.70.